The van der Waals surface area contributed by atoms with E-state index in [2.05, 4.69) is 0 Å². The number of hydrogen-bond acceptors (Lipinski definition) is 9. The van der Waals surface area contributed by atoms with Crippen molar-refractivity contribution in [3.8, 4) is 11.5 Å². The van der Waals surface area contributed by atoms with E-state index in [-0.39, 0.29) is 22.7 Å². The van der Waals surface area contributed by atoms with Gasteiger partial charge in [0.15, 0.2) is 11.5 Å². The van der Waals surface area contributed by atoms with Gasteiger partial charge in [0.2, 0.25) is 0 Å². The molecule has 3 aromatic rings. The molecule has 0 aromatic heterocycles. The van der Waals surface area contributed by atoms with Crippen LogP contribution in [-0.2, 0) is 4.79 Å². The molecule has 0 fully saturated rings. The topological polar surface area (TPSA) is 165 Å². The number of carbonyl (C=O) groups is 1. The van der Waals surface area contributed by atoms with Gasteiger partial charge in [0, 0.05) is 24.3 Å². The summed E-state index contributed by atoms with van der Waals surface area (Å²) >= 11 is 0. The van der Waals surface area contributed by atoms with Crippen LogP contribution in [0.4, 0.5) is 17.1 Å². The Bertz CT molecular complexity index is 1410. The second-order valence-electron chi connectivity index (χ2n) is 7.11. The highest BCUT2D eigenvalue weighted by Gasteiger charge is 2.18. The number of methoxy groups -OCH3 is 1. The van der Waals surface area contributed by atoms with Gasteiger partial charge in [-0.15, -0.1) is 0 Å². The lowest BCUT2D eigenvalue weighted by Gasteiger charge is -2.08. The predicted octanol–water partition coefficient (Wildman–Crippen LogP) is 5.21. The molecule has 0 aliphatic heterocycles. The van der Waals surface area contributed by atoms with Gasteiger partial charge in [-0.1, -0.05) is 24.3 Å². The molecule has 0 saturated heterocycles. The zero-order chi connectivity index (χ0) is 26.2. The van der Waals surface area contributed by atoms with Gasteiger partial charge in [0.1, 0.15) is 0 Å². The van der Waals surface area contributed by atoms with Crippen LogP contribution < -0.4 is 9.47 Å². The molecular weight excluding hydrogens is 474 g/mol. The molecule has 0 spiro atoms. The van der Waals surface area contributed by atoms with Crippen molar-refractivity contribution >= 4 is 41.3 Å². The maximum atomic E-state index is 12.2. The van der Waals surface area contributed by atoms with E-state index in [0.717, 1.165) is 18.2 Å². The van der Waals surface area contributed by atoms with Gasteiger partial charge in [-0.3, -0.25) is 30.3 Å². The first kappa shape index (κ1) is 25.2. The minimum atomic E-state index is -0.746. The smallest absolute Gasteiger partial charge is 0.336 e. The van der Waals surface area contributed by atoms with Crippen LogP contribution in [0.5, 0.6) is 11.5 Å². The molecule has 12 nitrogen and oxygen atoms in total. The van der Waals surface area contributed by atoms with Crippen LogP contribution in [-0.4, -0.2) is 27.8 Å². The normalized spacial score (nSPS) is 10.9. The summed E-state index contributed by atoms with van der Waals surface area (Å²) in [5, 5.41) is 33.0. The highest BCUT2D eigenvalue weighted by molar-refractivity contribution is 5.89. The molecule has 0 atom stereocenters. The first-order valence-corrected chi connectivity index (χ1v) is 10.1. The van der Waals surface area contributed by atoms with E-state index >= 15 is 0 Å². The minimum Gasteiger partial charge on any atom is -0.493 e. The summed E-state index contributed by atoms with van der Waals surface area (Å²) in [6, 6.07) is 13.6. The molecule has 12 heteroatoms. The van der Waals surface area contributed by atoms with Crippen molar-refractivity contribution in [1.29, 1.82) is 0 Å². The lowest BCUT2D eigenvalue weighted by atomic mass is 10.1. The average molecular weight is 491 g/mol. The summed E-state index contributed by atoms with van der Waals surface area (Å²) in [4.78, 5) is 43.3. The Hall–Kier alpha value is -5.39. The molecule has 0 saturated carbocycles. The zero-order valence-electron chi connectivity index (χ0n) is 18.6. The number of nitrogens with zero attached hydrogens (tertiary/aromatic N) is 3. The lowest BCUT2D eigenvalue weighted by Crippen LogP contribution is -2.05. The van der Waals surface area contributed by atoms with Gasteiger partial charge in [0.05, 0.1) is 33.5 Å². The van der Waals surface area contributed by atoms with E-state index in [0.29, 0.717) is 11.1 Å². The molecule has 0 radical (unpaired) electrons. The summed E-state index contributed by atoms with van der Waals surface area (Å²) in [5.41, 5.74) is 0.210. The minimum absolute atomic E-state index is 0.102. The fraction of sp³-hybridized carbons (Fsp3) is 0.0417. The predicted molar refractivity (Wildman–Crippen MR) is 129 cm³/mol. The second kappa shape index (κ2) is 11.2. The summed E-state index contributed by atoms with van der Waals surface area (Å²) in [6.45, 7) is 0. The zero-order valence-corrected chi connectivity index (χ0v) is 18.6. The second-order valence-corrected chi connectivity index (χ2v) is 7.11. The molecule has 0 aliphatic carbocycles. The number of rotatable bonds is 9. The van der Waals surface area contributed by atoms with Gasteiger partial charge in [-0.05, 0) is 41.5 Å². The molecule has 0 heterocycles. The molecule has 0 bridgehead atoms. The molecular formula is C24H17N3O9. The standard InChI is InChI=1S/C24H17N3O9/c1-35-23-14-17(5-8-18-9-10-20(26(31)32)15-21(18)27(33)34)6-11-22(23)36-24(28)12-7-16-3-2-4-19(13-16)25(29)30/h2-15H,1H3/b8-5+,12-7+. The number of benzene rings is 3. The van der Waals surface area contributed by atoms with Crippen LogP contribution >= 0.6 is 0 Å². The first-order chi connectivity index (χ1) is 17.2. The summed E-state index contributed by atoms with van der Waals surface area (Å²) < 4.78 is 10.5. The largest absolute Gasteiger partial charge is 0.493 e. The summed E-state index contributed by atoms with van der Waals surface area (Å²) in [6.07, 6.45) is 5.44. The fourth-order valence-electron chi connectivity index (χ4n) is 3.05. The van der Waals surface area contributed by atoms with E-state index in [1.807, 2.05) is 0 Å². The highest BCUT2D eigenvalue weighted by atomic mass is 16.6. The molecule has 0 amide bonds. The van der Waals surface area contributed by atoms with E-state index in [4.69, 9.17) is 9.47 Å². The van der Waals surface area contributed by atoms with Gasteiger partial charge in [-0.25, -0.2) is 4.79 Å². The van der Waals surface area contributed by atoms with E-state index in [1.165, 1.54) is 61.7 Å². The van der Waals surface area contributed by atoms with Crippen molar-refractivity contribution < 1.29 is 29.0 Å². The van der Waals surface area contributed by atoms with Gasteiger partial charge in [0.25, 0.3) is 17.1 Å². The van der Waals surface area contributed by atoms with E-state index in [1.54, 1.807) is 12.1 Å². The van der Waals surface area contributed by atoms with Crippen LogP contribution in [0.3, 0.4) is 0 Å². The molecule has 0 aliphatic rings. The summed E-state index contributed by atoms with van der Waals surface area (Å²) in [5.74, 6) is -0.443. The van der Waals surface area contributed by atoms with Crippen LogP contribution in [0.2, 0.25) is 0 Å². The number of ether oxygens (including phenoxy) is 2. The van der Waals surface area contributed by atoms with Crippen LogP contribution in [0.1, 0.15) is 16.7 Å². The number of nitro benzene ring substituents is 3. The van der Waals surface area contributed by atoms with Crippen molar-refractivity contribution in [3.05, 3.63) is 114 Å². The molecule has 182 valence electrons. The van der Waals surface area contributed by atoms with Crippen LogP contribution in [0.15, 0.2) is 66.7 Å². The van der Waals surface area contributed by atoms with E-state index in [9.17, 15) is 35.1 Å². The third kappa shape index (κ3) is 6.35. The number of non-ortho nitro benzene ring substituents is 2. The molecule has 36 heavy (non-hydrogen) atoms. The van der Waals surface area contributed by atoms with Crippen molar-refractivity contribution in [2.45, 2.75) is 0 Å². The van der Waals surface area contributed by atoms with Gasteiger partial charge in [-0.2, -0.15) is 0 Å². The lowest BCUT2D eigenvalue weighted by molar-refractivity contribution is -0.394. The highest BCUT2D eigenvalue weighted by Crippen LogP contribution is 2.30. The number of hydrogen-bond donors (Lipinski definition) is 0. The third-order valence-corrected chi connectivity index (χ3v) is 4.77. The molecule has 0 N–H and O–H groups in total. The maximum absolute atomic E-state index is 12.2. The van der Waals surface area contributed by atoms with Gasteiger partial charge < -0.3 is 9.47 Å². The third-order valence-electron chi connectivity index (χ3n) is 4.77. The summed E-state index contributed by atoms with van der Waals surface area (Å²) in [7, 11) is 1.36. The van der Waals surface area contributed by atoms with Crippen molar-refractivity contribution in [1.82, 2.24) is 0 Å². The molecule has 3 rings (SSSR count). The molecule has 0 unspecified atom stereocenters. The number of esters is 1. The monoisotopic (exact) mass is 491 g/mol. The fourth-order valence-corrected chi connectivity index (χ4v) is 3.05. The maximum Gasteiger partial charge on any atom is 0.336 e. The average Bonchev–Trinajstić information content (AvgIpc) is 2.86. The Kier molecular flexibility index (Phi) is 7.82. The van der Waals surface area contributed by atoms with Crippen LogP contribution in [0.25, 0.3) is 18.2 Å². The van der Waals surface area contributed by atoms with Crippen molar-refractivity contribution in [2.75, 3.05) is 7.11 Å². The Morgan fingerprint density at radius 2 is 1.44 bits per heavy atom. The number of nitro groups is 3. The number of carbonyl (C=O) groups excluding carboxylic acids is 1. The quantitative estimate of drug-likeness (QED) is 0.0975. The Balaban J connectivity index is 1.76. The first-order valence-electron chi connectivity index (χ1n) is 10.1. The Morgan fingerprint density at radius 3 is 2.11 bits per heavy atom. The Labute approximate surface area is 203 Å². The van der Waals surface area contributed by atoms with Crippen LogP contribution in [0, 0.1) is 30.3 Å². The molecule has 3 aromatic carbocycles. The van der Waals surface area contributed by atoms with Crippen molar-refractivity contribution in [2.24, 2.45) is 0 Å². The van der Waals surface area contributed by atoms with Crippen molar-refractivity contribution in [3.63, 3.8) is 0 Å². The Morgan fingerprint density at radius 1 is 0.750 bits per heavy atom. The SMILES string of the molecule is COc1cc(/C=C/c2ccc([N+](=O)[O-])cc2[N+](=O)[O-])ccc1OC(=O)/C=C/c1cccc([N+](=O)[O-])c1. The van der Waals surface area contributed by atoms with E-state index < -0.39 is 32.1 Å². The van der Waals surface area contributed by atoms with Gasteiger partial charge >= 0.3 is 5.97 Å².